The average molecular weight is 384 g/mol. The minimum Gasteiger partial charge on any atom is -0.454 e. The summed E-state index contributed by atoms with van der Waals surface area (Å²) < 4.78 is 5.01. The molecule has 1 amide bonds. The third-order valence-corrected chi connectivity index (χ3v) is 4.85. The quantitative estimate of drug-likeness (QED) is 0.478. The number of ketones is 1. The summed E-state index contributed by atoms with van der Waals surface area (Å²) in [6.07, 6.45) is 2.83. The maximum atomic E-state index is 12.3. The number of carbonyl (C=O) groups is 3. The number of hydrogen-bond acceptors (Lipinski definition) is 4. The summed E-state index contributed by atoms with van der Waals surface area (Å²) in [7, 11) is 0. The zero-order chi connectivity index (χ0) is 19.6. The van der Waals surface area contributed by atoms with Crippen LogP contribution in [0.1, 0.15) is 39.9 Å². The molecule has 138 valence electrons. The number of aryl methyl sites for hydroxylation is 1. The monoisotopic (exact) mass is 383 g/mol. The van der Waals surface area contributed by atoms with Crippen molar-refractivity contribution in [1.82, 2.24) is 0 Å². The normalized spacial score (nSPS) is 15.5. The van der Waals surface area contributed by atoms with Gasteiger partial charge in [-0.25, -0.2) is 4.79 Å². The first-order chi connectivity index (χ1) is 12.8. The van der Waals surface area contributed by atoms with Crippen LogP contribution in [0.2, 0.25) is 5.02 Å². The Morgan fingerprint density at radius 3 is 2.74 bits per heavy atom. The van der Waals surface area contributed by atoms with E-state index in [0.717, 1.165) is 16.7 Å². The number of halogens is 1. The lowest BCUT2D eigenvalue weighted by Crippen LogP contribution is -2.13. The average Bonchev–Trinajstić information content (AvgIpc) is 2.94. The van der Waals surface area contributed by atoms with Crippen LogP contribution in [0.3, 0.4) is 0 Å². The first-order valence-corrected chi connectivity index (χ1v) is 8.82. The number of fused-ring (bicyclic) bond motifs is 1. The molecule has 3 rings (SSSR count). The first-order valence-electron chi connectivity index (χ1n) is 8.44. The molecule has 0 aliphatic carbocycles. The number of hydrogen-bond donors (Lipinski definition) is 1. The second kappa shape index (κ2) is 7.76. The summed E-state index contributed by atoms with van der Waals surface area (Å²) in [4.78, 5) is 35.8. The van der Waals surface area contributed by atoms with E-state index in [0.29, 0.717) is 16.3 Å². The number of Topliss-reactive ketones (excluding diaryl/α,β-unsaturated/α-hetero) is 1. The van der Waals surface area contributed by atoms with Gasteiger partial charge in [-0.2, -0.15) is 0 Å². The van der Waals surface area contributed by atoms with Gasteiger partial charge in [-0.3, -0.25) is 9.59 Å². The van der Waals surface area contributed by atoms with Gasteiger partial charge >= 0.3 is 5.97 Å². The molecule has 0 spiro atoms. The van der Waals surface area contributed by atoms with Crippen LogP contribution in [0.25, 0.3) is 6.08 Å². The molecule has 0 radical (unpaired) electrons. The van der Waals surface area contributed by atoms with Crippen molar-refractivity contribution < 1.29 is 19.1 Å². The molecule has 27 heavy (non-hydrogen) atoms. The fourth-order valence-electron chi connectivity index (χ4n) is 2.74. The number of amides is 1. The highest BCUT2D eigenvalue weighted by Crippen LogP contribution is 2.32. The molecule has 1 aliphatic rings. The highest BCUT2D eigenvalue weighted by Gasteiger charge is 2.27. The van der Waals surface area contributed by atoms with E-state index in [4.69, 9.17) is 16.3 Å². The molecule has 1 heterocycles. The largest absolute Gasteiger partial charge is 0.454 e. The van der Waals surface area contributed by atoms with E-state index >= 15 is 0 Å². The van der Waals surface area contributed by atoms with Crippen LogP contribution >= 0.6 is 11.6 Å². The number of carbonyl (C=O) groups excluding carboxylic acids is 3. The molecule has 1 aliphatic heterocycles. The van der Waals surface area contributed by atoms with Gasteiger partial charge in [0.25, 0.3) is 0 Å². The van der Waals surface area contributed by atoms with Gasteiger partial charge in [-0.05, 0) is 60.9 Å². The first kappa shape index (κ1) is 18.9. The Bertz CT molecular complexity index is 965. The van der Waals surface area contributed by atoms with Gasteiger partial charge in [0.2, 0.25) is 5.91 Å². The minimum atomic E-state index is -0.619. The molecule has 1 N–H and O–H groups in total. The summed E-state index contributed by atoms with van der Waals surface area (Å²) in [5.41, 5.74) is 3.59. The highest BCUT2D eigenvalue weighted by molar-refractivity contribution is 6.31. The van der Waals surface area contributed by atoms with E-state index in [1.807, 2.05) is 19.1 Å². The van der Waals surface area contributed by atoms with Gasteiger partial charge in [0.1, 0.15) is 0 Å². The topological polar surface area (TPSA) is 72.5 Å². The standard InChI is InChI=1S/C21H18ClNO4/c1-12-3-4-14(9-17(12)22)5-8-20(25)27-11-19(24)15-6-7-18-16(10-15)13(2)21(26)23-18/h3-10,13H,11H2,1-2H3,(H,23,26)/b8-5+/t13-/m0/s1. The molecule has 1 atom stereocenters. The molecule has 0 saturated carbocycles. The maximum absolute atomic E-state index is 12.3. The van der Waals surface area contributed by atoms with Gasteiger partial charge < -0.3 is 10.1 Å². The lowest BCUT2D eigenvalue weighted by molar-refractivity contribution is -0.136. The Kier molecular flexibility index (Phi) is 5.42. The van der Waals surface area contributed by atoms with Crippen molar-refractivity contribution in [2.24, 2.45) is 0 Å². The second-order valence-corrected chi connectivity index (χ2v) is 6.79. The van der Waals surface area contributed by atoms with Gasteiger partial charge in [-0.1, -0.05) is 23.7 Å². The molecule has 0 saturated heterocycles. The lowest BCUT2D eigenvalue weighted by atomic mass is 9.99. The highest BCUT2D eigenvalue weighted by atomic mass is 35.5. The van der Waals surface area contributed by atoms with Gasteiger partial charge in [0.05, 0.1) is 5.92 Å². The summed E-state index contributed by atoms with van der Waals surface area (Å²) in [5, 5.41) is 3.36. The Hall–Kier alpha value is -2.92. The zero-order valence-corrected chi connectivity index (χ0v) is 15.7. The molecule has 2 aromatic carbocycles. The fraction of sp³-hybridized carbons (Fsp3) is 0.190. The minimum absolute atomic E-state index is 0.0950. The molecule has 0 bridgehead atoms. The lowest BCUT2D eigenvalue weighted by Gasteiger charge is -2.06. The van der Waals surface area contributed by atoms with Crippen molar-refractivity contribution in [3.05, 3.63) is 69.8 Å². The number of ether oxygens (including phenoxy) is 1. The van der Waals surface area contributed by atoms with Crippen molar-refractivity contribution in [3.8, 4) is 0 Å². The van der Waals surface area contributed by atoms with E-state index in [1.54, 1.807) is 37.3 Å². The molecule has 6 heteroatoms. The Labute approximate surface area is 162 Å². The third kappa shape index (κ3) is 4.26. The SMILES string of the molecule is Cc1ccc(/C=C/C(=O)OCC(=O)c2ccc3c(c2)[C@H](C)C(=O)N3)cc1Cl. The van der Waals surface area contributed by atoms with Crippen LogP contribution in [-0.4, -0.2) is 24.3 Å². The van der Waals surface area contributed by atoms with Crippen molar-refractivity contribution in [3.63, 3.8) is 0 Å². The van der Waals surface area contributed by atoms with Gasteiger partial charge in [0, 0.05) is 22.3 Å². The van der Waals surface area contributed by atoms with E-state index in [9.17, 15) is 14.4 Å². The molecule has 0 unspecified atom stereocenters. The molecule has 0 aromatic heterocycles. The summed E-state index contributed by atoms with van der Waals surface area (Å²) in [6, 6.07) is 10.4. The van der Waals surface area contributed by atoms with Crippen LogP contribution < -0.4 is 5.32 Å². The molecular formula is C21H18ClNO4. The number of rotatable bonds is 5. The van der Waals surface area contributed by atoms with Gasteiger partial charge in [0.15, 0.2) is 12.4 Å². The van der Waals surface area contributed by atoms with Crippen LogP contribution in [-0.2, 0) is 14.3 Å². The van der Waals surface area contributed by atoms with E-state index < -0.39 is 5.97 Å². The third-order valence-electron chi connectivity index (χ3n) is 4.44. The van der Waals surface area contributed by atoms with Crippen molar-refractivity contribution in [2.45, 2.75) is 19.8 Å². The fourth-order valence-corrected chi connectivity index (χ4v) is 2.92. The predicted molar refractivity (Wildman–Crippen MR) is 104 cm³/mol. The molecular weight excluding hydrogens is 366 g/mol. The molecule has 0 fully saturated rings. The maximum Gasteiger partial charge on any atom is 0.331 e. The van der Waals surface area contributed by atoms with Crippen LogP contribution in [0.4, 0.5) is 5.69 Å². The summed E-state index contributed by atoms with van der Waals surface area (Å²) in [6.45, 7) is 3.30. The Balaban J connectivity index is 1.59. The van der Waals surface area contributed by atoms with E-state index in [1.165, 1.54) is 6.08 Å². The summed E-state index contributed by atoms with van der Waals surface area (Å²) >= 11 is 6.04. The van der Waals surface area contributed by atoms with Crippen LogP contribution in [0, 0.1) is 6.92 Å². The zero-order valence-electron chi connectivity index (χ0n) is 14.9. The smallest absolute Gasteiger partial charge is 0.331 e. The number of nitrogens with one attached hydrogen (secondary N) is 1. The molecule has 5 nitrogen and oxygen atoms in total. The van der Waals surface area contributed by atoms with E-state index in [2.05, 4.69) is 5.32 Å². The van der Waals surface area contributed by atoms with Crippen molar-refractivity contribution in [1.29, 1.82) is 0 Å². The predicted octanol–water partition coefficient (Wildman–Crippen LogP) is 4.14. The number of esters is 1. The second-order valence-electron chi connectivity index (χ2n) is 6.39. The number of benzene rings is 2. The Morgan fingerprint density at radius 1 is 1.22 bits per heavy atom. The van der Waals surface area contributed by atoms with Crippen molar-refractivity contribution >= 4 is 41.0 Å². The molecule has 2 aromatic rings. The number of anilines is 1. The van der Waals surface area contributed by atoms with Crippen molar-refractivity contribution in [2.75, 3.05) is 11.9 Å². The van der Waals surface area contributed by atoms with Crippen LogP contribution in [0.15, 0.2) is 42.5 Å². The Morgan fingerprint density at radius 2 is 2.00 bits per heavy atom. The van der Waals surface area contributed by atoms with Gasteiger partial charge in [-0.15, -0.1) is 0 Å². The summed E-state index contributed by atoms with van der Waals surface area (Å²) in [5.74, 6) is -1.35. The van der Waals surface area contributed by atoms with Crippen LogP contribution in [0.5, 0.6) is 0 Å². The van der Waals surface area contributed by atoms with E-state index in [-0.39, 0.29) is 24.2 Å².